The van der Waals surface area contributed by atoms with Crippen LogP contribution in [0.1, 0.15) is 16.7 Å². The Morgan fingerprint density at radius 1 is 1.10 bits per heavy atom. The molecule has 4 heterocycles. The Kier molecular flexibility index (Phi) is 4.27. The van der Waals surface area contributed by atoms with Gasteiger partial charge >= 0.3 is 5.69 Å². The summed E-state index contributed by atoms with van der Waals surface area (Å²) >= 11 is 7.69. The van der Waals surface area contributed by atoms with Gasteiger partial charge < -0.3 is 9.30 Å². The van der Waals surface area contributed by atoms with Gasteiger partial charge in [0.05, 0.1) is 28.9 Å². The molecule has 0 aliphatic carbocycles. The Morgan fingerprint density at radius 2 is 1.86 bits per heavy atom. The van der Waals surface area contributed by atoms with Crippen molar-refractivity contribution >= 4 is 33.8 Å². The number of benzene rings is 1. The van der Waals surface area contributed by atoms with Crippen LogP contribution in [-0.2, 0) is 25.4 Å². The number of hydrogen-bond donors (Lipinski definition) is 0. The lowest BCUT2D eigenvalue weighted by Gasteiger charge is -2.26. The number of ether oxygens (including phenoxy) is 1. The lowest BCUT2D eigenvalue weighted by Crippen LogP contribution is -2.37. The van der Waals surface area contributed by atoms with Crippen molar-refractivity contribution in [2.24, 2.45) is 14.1 Å². The molecule has 1 unspecified atom stereocenters. The van der Waals surface area contributed by atoms with Gasteiger partial charge in [0, 0.05) is 30.5 Å². The van der Waals surface area contributed by atoms with Gasteiger partial charge in [-0.05, 0) is 29.1 Å². The molecule has 1 atom stereocenters. The zero-order valence-electron chi connectivity index (χ0n) is 15.9. The molecule has 0 saturated carbocycles. The third-order valence-electron chi connectivity index (χ3n) is 5.47. The highest BCUT2D eigenvalue weighted by molar-refractivity contribution is 7.10. The van der Waals surface area contributed by atoms with E-state index in [2.05, 4.69) is 4.57 Å². The molecule has 0 bridgehead atoms. The summed E-state index contributed by atoms with van der Waals surface area (Å²) in [7, 11) is 3.22. The molecular weight excluding hydrogens is 410 g/mol. The monoisotopic (exact) mass is 427 g/mol. The molecule has 0 radical (unpaired) electrons. The van der Waals surface area contributed by atoms with Gasteiger partial charge in [-0.1, -0.05) is 29.8 Å². The molecule has 0 amide bonds. The van der Waals surface area contributed by atoms with E-state index in [1.54, 1.807) is 23.0 Å². The number of nitrogens with zero attached hydrogens (tertiary/aromatic N) is 3. The number of aromatic nitrogens is 3. The van der Waals surface area contributed by atoms with E-state index >= 15 is 0 Å². The van der Waals surface area contributed by atoms with Gasteiger partial charge in [-0.2, -0.15) is 0 Å². The Labute approximate surface area is 175 Å². The van der Waals surface area contributed by atoms with Gasteiger partial charge in [-0.25, -0.2) is 4.79 Å². The van der Waals surface area contributed by atoms with Crippen molar-refractivity contribution in [3.8, 4) is 11.3 Å². The van der Waals surface area contributed by atoms with Gasteiger partial charge in [0.1, 0.15) is 6.10 Å². The van der Waals surface area contributed by atoms with Crippen molar-refractivity contribution in [1.82, 2.24) is 13.7 Å². The maximum absolute atomic E-state index is 13.2. The average molecular weight is 428 g/mol. The predicted molar refractivity (Wildman–Crippen MR) is 115 cm³/mol. The Morgan fingerprint density at radius 3 is 2.55 bits per heavy atom. The first-order valence-electron chi connectivity index (χ1n) is 9.22. The smallest absolute Gasteiger partial charge is 0.331 e. The van der Waals surface area contributed by atoms with Crippen molar-refractivity contribution in [2.75, 3.05) is 6.61 Å². The van der Waals surface area contributed by atoms with Gasteiger partial charge in [-0.3, -0.25) is 13.9 Å². The van der Waals surface area contributed by atoms with Crippen molar-refractivity contribution < 1.29 is 4.74 Å². The van der Waals surface area contributed by atoms with Gasteiger partial charge in [0.15, 0.2) is 0 Å². The largest absolute Gasteiger partial charge is 0.364 e. The van der Waals surface area contributed by atoms with Crippen molar-refractivity contribution in [2.45, 2.75) is 12.6 Å². The summed E-state index contributed by atoms with van der Waals surface area (Å²) in [6.07, 6.45) is -0.329. The zero-order valence-corrected chi connectivity index (χ0v) is 17.5. The summed E-state index contributed by atoms with van der Waals surface area (Å²) in [6.45, 7) is 1.12. The molecular formula is C21H18ClN3O3S. The van der Waals surface area contributed by atoms with Crippen LogP contribution in [0.25, 0.3) is 22.2 Å². The number of halogens is 1. The van der Waals surface area contributed by atoms with Gasteiger partial charge in [0.25, 0.3) is 5.56 Å². The SMILES string of the molecule is Cn1c(=O)c2c(-c3ccc(Cl)cc3)n3c(c2n(C)c1=O)C(c1cccs1)OCC3. The summed E-state index contributed by atoms with van der Waals surface area (Å²) in [5, 5.41) is 3.16. The molecule has 1 aromatic carbocycles. The predicted octanol–water partition coefficient (Wildman–Crippen LogP) is 3.54. The maximum Gasteiger partial charge on any atom is 0.331 e. The summed E-state index contributed by atoms with van der Waals surface area (Å²) in [5.74, 6) is 0. The minimum absolute atomic E-state index is 0.306. The van der Waals surface area contributed by atoms with E-state index in [1.165, 1.54) is 7.05 Å². The highest BCUT2D eigenvalue weighted by atomic mass is 35.5. The van der Waals surface area contributed by atoms with Crippen molar-refractivity contribution in [1.29, 1.82) is 0 Å². The Balaban J connectivity index is 1.97. The molecule has 0 N–H and O–H groups in total. The molecule has 1 aliphatic rings. The first-order valence-corrected chi connectivity index (χ1v) is 10.5. The molecule has 3 aromatic heterocycles. The summed E-state index contributed by atoms with van der Waals surface area (Å²) in [5.41, 5.74) is 2.49. The lowest BCUT2D eigenvalue weighted by atomic mass is 10.1. The number of thiophene rings is 1. The second-order valence-electron chi connectivity index (χ2n) is 7.09. The van der Waals surface area contributed by atoms with Crippen LogP contribution in [0.4, 0.5) is 0 Å². The van der Waals surface area contributed by atoms with Crippen LogP contribution in [0.15, 0.2) is 51.4 Å². The minimum atomic E-state index is -0.353. The van der Waals surface area contributed by atoms with Gasteiger partial charge in [-0.15, -0.1) is 11.3 Å². The third-order valence-corrected chi connectivity index (χ3v) is 6.64. The number of rotatable bonds is 2. The van der Waals surface area contributed by atoms with Crippen LogP contribution in [0.2, 0.25) is 5.02 Å². The van der Waals surface area contributed by atoms with Crippen LogP contribution in [0, 0.1) is 0 Å². The standard InChI is InChI=1S/C21H18ClN3O3S/c1-23-17-15(20(26)24(2)21(23)27)16(12-5-7-13(22)8-6-12)25-9-10-28-19(18(17)25)14-4-3-11-29-14/h3-8,11,19H,9-10H2,1-2H3. The Bertz CT molecular complexity index is 1350. The number of fused-ring (bicyclic) bond motifs is 3. The van der Waals surface area contributed by atoms with Gasteiger partial charge in [0.2, 0.25) is 0 Å². The normalized spacial score (nSPS) is 16.3. The van der Waals surface area contributed by atoms with Crippen molar-refractivity contribution in [3.05, 3.63) is 78.2 Å². The summed E-state index contributed by atoms with van der Waals surface area (Å²) in [6, 6.07) is 11.4. The molecule has 1 aliphatic heterocycles. The fourth-order valence-electron chi connectivity index (χ4n) is 4.14. The highest BCUT2D eigenvalue weighted by Gasteiger charge is 2.33. The van der Waals surface area contributed by atoms with Crippen LogP contribution >= 0.6 is 22.9 Å². The molecule has 29 heavy (non-hydrogen) atoms. The van der Waals surface area contributed by atoms with E-state index in [9.17, 15) is 9.59 Å². The minimum Gasteiger partial charge on any atom is -0.364 e. The lowest BCUT2D eigenvalue weighted by molar-refractivity contribution is 0.0500. The third kappa shape index (κ3) is 2.65. The quantitative estimate of drug-likeness (QED) is 0.491. The molecule has 4 aromatic rings. The number of hydrogen-bond acceptors (Lipinski definition) is 4. The maximum atomic E-state index is 13.2. The van der Waals surface area contributed by atoms with Crippen LogP contribution in [-0.4, -0.2) is 20.3 Å². The fourth-order valence-corrected chi connectivity index (χ4v) is 5.05. The van der Waals surface area contributed by atoms with E-state index < -0.39 is 0 Å². The van der Waals surface area contributed by atoms with E-state index in [0.29, 0.717) is 29.1 Å². The van der Waals surface area contributed by atoms with E-state index in [0.717, 1.165) is 26.4 Å². The summed E-state index contributed by atoms with van der Waals surface area (Å²) in [4.78, 5) is 27.0. The highest BCUT2D eigenvalue weighted by Crippen LogP contribution is 2.41. The first kappa shape index (κ1) is 18.4. The number of aryl methyl sites for hydroxylation is 1. The van der Waals surface area contributed by atoms with Crippen LogP contribution < -0.4 is 11.2 Å². The molecule has 148 valence electrons. The summed E-state index contributed by atoms with van der Waals surface area (Å²) < 4.78 is 11.0. The molecule has 8 heteroatoms. The topological polar surface area (TPSA) is 58.2 Å². The van der Waals surface area contributed by atoms with E-state index in [4.69, 9.17) is 16.3 Å². The van der Waals surface area contributed by atoms with E-state index in [-0.39, 0.29) is 17.4 Å². The zero-order chi connectivity index (χ0) is 20.3. The van der Waals surface area contributed by atoms with Crippen LogP contribution in [0.3, 0.4) is 0 Å². The molecule has 6 nitrogen and oxygen atoms in total. The fraction of sp³-hybridized carbons (Fsp3) is 0.238. The first-order chi connectivity index (χ1) is 14.0. The Hall–Kier alpha value is -2.61. The molecule has 0 saturated heterocycles. The molecule has 0 fully saturated rings. The second kappa shape index (κ2) is 6.73. The molecule has 0 spiro atoms. The average Bonchev–Trinajstić information content (AvgIpc) is 3.37. The molecule has 5 rings (SSSR count). The van der Waals surface area contributed by atoms with E-state index in [1.807, 2.05) is 41.8 Å². The second-order valence-corrected chi connectivity index (χ2v) is 8.50. The van der Waals surface area contributed by atoms with Crippen LogP contribution in [0.5, 0.6) is 0 Å². The van der Waals surface area contributed by atoms with Crippen molar-refractivity contribution in [3.63, 3.8) is 0 Å².